The second-order valence-electron chi connectivity index (χ2n) is 5.31. The summed E-state index contributed by atoms with van der Waals surface area (Å²) in [5.41, 5.74) is 6.57. The molecule has 19 heavy (non-hydrogen) atoms. The summed E-state index contributed by atoms with van der Waals surface area (Å²) in [6.07, 6.45) is 2.57. The molecule has 0 heterocycles. The summed E-state index contributed by atoms with van der Waals surface area (Å²) in [4.78, 5) is 12.5. The van der Waals surface area contributed by atoms with Crippen LogP contribution >= 0.6 is 12.2 Å². The molecule has 102 valence electrons. The summed E-state index contributed by atoms with van der Waals surface area (Å²) < 4.78 is 0. The normalized spacial score (nSPS) is 17.5. The Morgan fingerprint density at radius 2 is 2.05 bits per heavy atom. The highest BCUT2D eigenvalue weighted by Crippen LogP contribution is 2.36. The Labute approximate surface area is 119 Å². The number of hydrogen-bond acceptors (Lipinski definition) is 2. The third-order valence-electron chi connectivity index (χ3n) is 3.70. The molecule has 1 aromatic rings. The lowest BCUT2D eigenvalue weighted by Gasteiger charge is -2.18. The van der Waals surface area contributed by atoms with Crippen molar-refractivity contribution in [3.05, 3.63) is 35.9 Å². The van der Waals surface area contributed by atoms with Gasteiger partial charge in [0.2, 0.25) is 5.91 Å². The third-order valence-corrected chi connectivity index (χ3v) is 3.94. The second-order valence-corrected chi connectivity index (χ2v) is 5.78. The molecule has 1 aliphatic rings. The molecule has 0 saturated heterocycles. The van der Waals surface area contributed by atoms with Gasteiger partial charge in [0.1, 0.15) is 5.92 Å². The van der Waals surface area contributed by atoms with E-state index < -0.39 is 5.92 Å². The first-order chi connectivity index (χ1) is 9.09. The highest BCUT2D eigenvalue weighted by atomic mass is 32.1. The zero-order valence-electron chi connectivity index (χ0n) is 11.1. The fourth-order valence-electron chi connectivity index (χ4n) is 2.29. The van der Waals surface area contributed by atoms with Gasteiger partial charge in [-0.3, -0.25) is 4.79 Å². The van der Waals surface area contributed by atoms with Crippen LogP contribution in [0.1, 0.15) is 31.2 Å². The molecule has 2 atom stereocenters. The van der Waals surface area contributed by atoms with E-state index in [1.807, 2.05) is 30.3 Å². The minimum atomic E-state index is -0.525. The standard InChI is InChI=1S/C15H20N2OS/c1-10(11-7-8-11)9-17-15(18)13(14(16)19)12-5-3-2-4-6-12/h2-6,10-11,13H,7-9H2,1H3,(H2,16,19)(H,17,18). The van der Waals surface area contributed by atoms with Gasteiger partial charge < -0.3 is 11.1 Å². The van der Waals surface area contributed by atoms with Crippen molar-refractivity contribution in [2.75, 3.05) is 6.54 Å². The molecule has 1 fully saturated rings. The minimum absolute atomic E-state index is 0.0915. The zero-order chi connectivity index (χ0) is 13.8. The Morgan fingerprint density at radius 1 is 1.42 bits per heavy atom. The number of nitrogens with two attached hydrogens (primary N) is 1. The van der Waals surface area contributed by atoms with Crippen LogP contribution in [0.25, 0.3) is 0 Å². The summed E-state index contributed by atoms with van der Waals surface area (Å²) >= 11 is 5.04. The van der Waals surface area contributed by atoms with Crippen LogP contribution in [0.4, 0.5) is 0 Å². The van der Waals surface area contributed by atoms with Crippen LogP contribution in [0.2, 0.25) is 0 Å². The van der Waals surface area contributed by atoms with Crippen LogP contribution in [0, 0.1) is 11.8 Å². The number of amides is 1. The quantitative estimate of drug-likeness (QED) is 0.783. The zero-order valence-corrected chi connectivity index (χ0v) is 12.0. The maximum Gasteiger partial charge on any atom is 0.234 e. The molecule has 2 unspecified atom stereocenters. The van der Waals surface area contributed by atoms with Crippen LogP contribution in [0.5, 0.6) is 0 Å². The van der Waals surface area contributed by atoms with Crippen molar-refractivity contribution >= 4 is 23.1 Å². The molecule has 3 nitrogen and oxygen atoms in total. The smallest absolute Gasteiger partial charge is 0.234 e. The fourth-order valence-corrected chi connectivity index (χ4v) is 2.53. The van der Waals surface area contributed by atoms with E-state index in [1.165, 1.54) is 12.8 Å². The van der Waals surface area contributed by atoms with Crippen LogP contribution in [0.15, 0.2) is 30.3 Å². The Hall–Kier alpha value is -1.42. The summed E-state index contributed by atoms with van der Waals surface area (Å²) in [7, 11) is 0. The lowest BCUT2D eigenvalue weighted by Crippen LogP contribution is -2.38. The Morgan fingerprint density at radius 3 is 2.58 bits per heavy atom. The number of benzene rings is 1. The third kappa shape index (κ3) is 3.77. The van der Waals surface area contributed by atoms with Gasteiger partial charge in [-0.2, -0.15) is 0 Å². The van der Waals surface area contributed by atoms with E-state index in [4.69, 9.17) is 18.0 Å². The Balaban J connectivity index is 1.98. The molecule has 4 heteroatoms. The molecule has 0 radical (unpaired) electrons. The molecule has 3 N–H and O–H groups in total. The van der Waals surface area contributed by atoms with E-state index in [0.29, 0.717) is 12.5 Å². The van der Waals surface area contributed by atoms with Crippen LogP contribution in [-0.2, 0) is 4.79 Å². The highest BCUT2D eigenvalue weighted by Gasteiger charge is 2.29. The first-order valence-corrected chi connectivity index (χ1v) is 7.12. The van der Waals surface area contributed by atoms with Crippen LogP contribution in [0.3, 0.4) is 0 Å². The SMILES string of the molecule is CC(CNC(=O)C(C(N)=S)c1ccccc1)C1CC1. The van der Waals surface area contributed by atoms with Gasteiger partial charge in [-0.1, -0.05) is 49.5 Å². The average molecular weight is 276 g/mol. The van der Waals surface area contributed by atoms with E-state index in [-0.39, 0.29) is 10.9 Å². The number of nitrogens with one attached hydrogen (secondary N) is 1. The molecule has 0 bridgehead atoms. The van der Waals surface area contributed by atoms with Crippen molar-refractivity contribution in [1.29, 1.82) is 0 Å². The largest absolute Gasteiger partial charge is 0.392 e. The van der Waals surface area contributed by atoms with E-state index in [0.717, 1.165) is 11.5 Å². The second kappa shape index (κ2) is 6.15. The molecule has 0 spiro atoms. The monoisotopic (exact) mass is 276 g/mol. The molecular weight excluding hydrogens is 256 g/mol. The van der Waals surface area contributed by atoms with E-state index in [9.17, 15) is 4.79 Å². The van der Waals surface area contributed by atoms with E-state index in [1.54, 1.807) is 0 Å². The molecule has 0 aliphatic heterocycles. The molecule has 2 rings (SSSR count). The summed E-state index contributed by atoms with van der Waals surface area (Å²) in [5.74, 6) is 0.695. The summed E-state index contributed by atoms with van der Waals surface area (Å²) in [6.45, 7) is 2.88. The predicted molar refractivity (Wildman–Crippen MR) is 80.9 cm³/mol. The molecule has 0 aromatic heterocycles. The summed E-state index contributed by atoms with van der Waals surface area (Å²) in [6, 6.07) is 9.45. The molecule has 1 saturated carbocycles. The topological polar surface area (TPSA) is 55.1 Å². The molecular formula is C15H20N2OS. The van der Waals surface area contributed by atoms with Gasteiger partial charge in [-0.25, -0.2) is 0 Å². The Kier molecular flexibility index (Phi) is 4.53. The Bertz CT molecular complexity index is 456. The predicted octanol–water partition coefficient (Wildman–Crippen LogP) is 2.22. The van der Waals surface area contributed by atoms with Crippen LogP contribution < -0.4 is 11.1 Å². The number of hydrogen-bond donors (Lipinski definition) is 2. The van der Waals surface area contributed by atoms with Gasteiger partial charge in [0.05, 0.1) is 4.99 Å². The lowest BCUT2D eigenvalue weighted by atomic mass is 9.97. The first-order valence-electron chi connectivity index (χ1n) is 6.71. The van der Waals surface area contributed by atoms with Crippen molar-refractivity contribution in [1.82, 2.24) is 5.32 Å². The maximum absolute atomic E-state index is 12.3. The van der Waals surface area contributed by atoms with Crippen molar-refractivity contribution in [2.45, 2.75) is 25.7 Å². The molecule has 1 aromatic carbocycles. The van der Waals surface area contributed by atoms with Gasteiger partial charge in [-0.05, 0) is 30.2 Å². The van der Waals surface area contributed by atoms with Gasteiger partial charge in [0, 0.05) is 6.54 Å². The van der Waals surface area contributed by atoms with Crippen molar-refractivity contribution in [3.8, 4) is 0 Å². The highest BCUT2D eigenvalue weighted by molar-refractivity contribution is 7.80. The van der Waals surface area contributed by atoms with Gasteiger partial charge in [0.25, 0.3) is 0 Å². The van der Waals surface area contributed by atoms with Gasteiger partial charge in [-0.15, -0.1) is 0 Å². The molecule has 1 aliphatic carbocycles. The fraction of sp³-hybridized carbons (Fsp3) is 0.467. The number of carbonyl (C=O) groups is 1. The summed E-state index contributed by atoms with van der Waals surface area (Å²) in [5, 5.41) is 2.98. The average Bonchev–Trinajstić information content (AvgIpc) is 3.21. The molecule has 1 amide bonds. The number of carbonyl (C=O) groups excluding carboxylic acids is 1. The van der Waals surface area contributed by atoms with Crippen molar-refractivity contribution in [2.24, 2.45) is 17.6 Å². The lowest BCUT2D eigenvalue weighted by molar-refractivity contribution is -0.121. The van der Waals surface area contributed by atoms with E-state index in [2.05, 4.69) is 12.2 Å². The van der Waals surface area contributed by atoms with Crippen LogP contribution in [-0.4, -0.2) is 17.4 Å². The van der Waals surface area contributed by atoms with Crippen molar-refractivity contribution < 1.29 is 4.79 Å². The van der Waals surface area contributed by atoms with Crippen molar-refractivity contribution in [3.63, 3.8) is 0 Å². The van der Waals surface area contributed by atoms with Gasteiger partial charge >= 0.3 is 0 Å². The van der Waals surface area contributed by atoms with E-state index >= 15 is 0 Å². The number of thiocarbonyl (C=S) groups is 1. The minimum Gasteiger partial charge on any atom is -0.392 e. The first kappa shape index (κ1) is 14.0. The number of rotatable bonds is 6. The maximum atomic E-state index is 12.3. The van der Waals surface area contributed by atoms with Gasteiger partial charge in [0.15, 0.2) is 0 Å².